The zero-order chi connectivity index (χ0) is 16.1. The monoisotopic (exact) mass is 318 g/mol. The number of carbonyl (C=O) groups is 3. The molecule has 2 rings (SSSR count). The molecule has 7 heteroatoms. The van der Waals surface area contributed by atoms with Gasteiger partial charge in [-0.2, -0.15) is 17.0 Å². The lowest BCUT2D eigenvalue weighted by atomic mass is 10.1. The van der Waals surface area contributed by atoms with Gasteiger partial charge in [0.25, 0.3) is 11.8 Å². The Hall–Kier alpha value is -2.33. The summed E-state index contributed by atoms with van der Waals surface area (Å²) in [7, 11) is 0. The third-order valence-electron chi connectivity index (χ3n) is 3.14. The van der Waals surface area contributed by atoms with Gasteiger partial charge in [0.15, 0.2) is 0 Å². The van der Waals surface area contributed by atoms with Crippen molar-refractivity contribution in [1.29, 1.82) is 5.26 Å². The molecule has 0 radical (unpaired) electrons. The van der Waals surface area contributed by atoms with Crippen molar-refractivity contribution in [3.63, 3.8) is 0 Å². The predicted molar refractivity (Wildman–Crippen MR) is 80.3 cm³/mol. The number of amides is 2. The van der Waals surface area contributed by atoms with E-state index in [4.69, 9.17) is 10.00 Å². The largest absolute Gasteiger partial charge is 0.459 e. The Kier molecular flexibility index (Phi) is 5.17. The first-order chi connectivity index (χ1) is 10.6. The third kappa shape index (κ3) is 3.28. The van der Waals surface area contributed by atoms with Crippen LogP contribution in [0.3, 0.4) is 0 Å². The number of thioether (sulfide) groups is 1. The highest BCUT2D eigenvalue weighted by Gasteiger charge is 2.37. The normalized spacial score (nSPS) is 14.5. The van der Waals surface area contributed by atoms with Gasteiger partial charge in [-0.1, -0.05) is 12.1 Å². The number of nitrogens with zero attached hydrogens (tertiary/aromatic N) is 2. The van der Waals surface area contributed by atoms with Crippen LogP contribution in [0.5, 0.6) is 0 Å². The first kappa shape index (κ1) is 16.0. The molecule has 1 aliphatic rings. The van der Waals surface area contributed by atoms with Crippen LogP contribution in [0.2, 0.25) is 0 Å². The van der Waals surface area contributed by atoms with Crippen molar-refractivity contribution in [2.75, 3.05) is 18.6 Å². The Morgan fingerprint density at radius 1 is 1.32 bits per heavy atom. The second-order valence-electron chi connectivity index (χ2n) is 4.67. The van der Waals surface area contributed by atoms with Crippen molar-refractivity contribution < 1.29 is 19.1 Å². The molecule has 0 unspecified atom stereocenters. The van der Waals surface area contributed by atoms with E-state index in [-0.39, 0.29) is 18.7 Å². The molecular weight excluding hydrogens is 304 g/mol. The second-order valence-corrected chi connectivity index (χ2v) is 5.54. The highest BCUT2D eigenvalue weighted by Crippen LogP contribution is 2.23. The number of carbonyl (C=O) groups excluding carboxylic acids is 3. The van der Waals surface area contributed by atoms with Gasteiger partial charge in [0.05, 0.1) is 35.9 Å². The van der Waals surface area contributed by atoms with E-state index >= 15 is 0 Å². The number of esters is 1. The fourth-order valence-corrected chi connectivity index (χ4v) is 2.50. The topological polar surface area (TPSA) is 87.5 Å². The van der Waals surface area contributed by atoms with E-state index in [0.29, 0.717) is 11.1 Å². The zero-order valence-electron chi connectivity index (χ0n) is 11.9. The van der Waals surface area contributed by atoms with Gasteiger partial charge in [0.2, 0.25) is 0 Å². The molecule has 114 valence electrons. The number of benzene rings is 1. The summed E-state index contributed by atoms with van der Waals surface area (Å²) in [4.78, 5) is 37.0. The maximum atomic E-state index is 12.2. The first-order valence-electron chi connectivity index (χ1n) is 6.59. The summed E-state index contributed by atoms with van der Waals surface area (Å²) in [6.45, 7) is -0.111. The Morgan fingerprint density at radius 2 is 1.91 bits per heavy atom. The molecule has 1 aromatic carbocycles. The summed E-state index contributed by atoms with van der Waals surface area (Å²) in [5.74, 6) is -1.16. The van der Waals surface area contributed by atoms with Gasteiger partial charge in [0, 0.05) is 0 Å². The van der Waals surface area contributed by atoms with E-state index in [1.54, 1.807) is 30.5 Å². The summed E-state index contributed by atoms with van der Waals surface area (Å²) in [5, 5.41) is 8.82. The lowest BCUT2D eigenvalue weighted by Gasteiger charge is -2.20. The van der Waals surface area contributed by atoms with Crippen molar-refractivity contribution in [3.05, 3.63) is 35.4 Å². The number of imide groups is 1. The van der Waals surface area contributed by atoms with E-state index in [1.807, 2.05) is 6.07 Å². The highest BCUT2D eigenvalue weighted by molar-refractivity contribution is 7.99. The summed E-state index contributed by atoms with van der Waals surface area (Å²) in [6, 6.07) is 8.42. The molecule has 0 fully saturated rings. The average molecular weight is 318 g/mol. The number of hydrogen-bond donors (Lipinski definition) is 0. The van der Waals surface area contributed by atoms with Gasteiger partial charge in [-0.05, 0) is 18.4 Å². The van der Waals surface area contributed by atoms with Crippen LogP contribution >= 0.6 is 11.8 Å². The first-order valence-corrected chi connectivity index (χ1v) is 7.98. The van der Waals surface area contributed by atoms with E-state index in [1.165, 1.54) is 11.8 Å². The van der Waals surface area contributed by atoms with Crippen LogP contribution in [0.15, 0.2) is 24.3 Å². The smallest absolute Gasteiger partial charge is 0.316 e. The minimum absolute atomic E-state index is 0.0759. The Bertz CT molecular complexity index is 618. The zero-order valence-corrected chi connectivity index (χ0v) is 12.8. The SMILES string of the molecule is CSCC(=O)O[C@@H](CC#N)CN1C(=O)c2ccccc2C1=O. The van der Waals surface area contributed by atoms with E-state index in [2.05, 4.69) is 0 Å². The molecule has 6 nitrogen and oxygen atoms in total. The van der Waals surface area contributed by atoms with Gasteiger partial charge in [-0.25, -0.2) is 0 Å². The molecule has 1 aliphatic heterocycles. The minimum Gasteiger partial charge on any atom is -0.459 e. The van der Waals surface area contributed by atoms with Gasteiger partial charge < -0.3 is 4.74 Å². The van der Waals surface area contributed by atoms with Crippen LogP contribution in [-0.4, -0.2) is 47.3 Å². The molecule has 1 heterocycles. The third-order valence-corrected chi connectivity index (χ3v) is 3.67. The van der Waals surface area contributed by atoms with Crippen molar-refractivity contribution in [2.45, 2.75) is 12.5 Å². The molecule has 1 aromatic rings. The number of rotatable bonds is 6. The van der Waals surface area contributed by atoms with Crippen molar-refractivity contribution in [1.82, 2.24) is 4.90 Å². The Labute approximate surface area is 132 Å². The van der Waals surface area contributed by atoms with Gasteiger partial charge in [0.1, 0.15) is 6.10 Å². The maximum absolute atomic E-state index is 12.2. The van der Waals surface area contributed by atoms with Crippen molar-refractivity contribution >= 4 is 29.5 Å². The highest BCUT2D eigenvalue weighted by atomic mass is 32.2. The molecule has 0 N–H and O–H groups in total. The minimum atomic E-state index is -0.813. The molecule has 1 atom stereocenters. The molecule has 0 saturated carbocycles. The molecule has 0 aliphatic carbocycles. The summed E-state index contributed by atoms with van der Waals surface area (Å²) >= 11 is 1.30. The maximum Gasteiger partial charge on any atom is 0.316 e. The molecule has 0 saturated heterocycles. The van der Waals surface area contributed by atoms with E-state index in [9.17, 15) is 14.4 Å². The molecule has 2 amide bonds. The fraction of sp³-hybridized carbons (Fsp3) is 0.333. The Morgan fingerprint density at radius 3 is 2.41 bits per heavy atom. The lowest BCUT2D eigenvalue weighted by molar-refractivity contribution is -0.145. The molecule has 0 spiro atoms. The van der Waals surface area contributed by atoms with Gasteiger partial charge in [-0.3, -0.25) is 19.3 Å². The predicted octanol–water partition coefficient (Wildman–Crippen LogP) is 1.47. The second kappa shape index (κ2) is 7.09. The number of fused-ring (bicyclic) bond motifs is 1. The van der Waals surface area contributed by atoms with Crippen LogP contribution in [0, 0.1) is 11.3 Å². The van der Waals surface area contributed by atoms with Gasteiger partial charge >= 0.3 is 5.97 Å². The van der Waals surface area contributed by atoms with Crippen molar-refractivity contribution in [2.24, 2.45) is 0 Å². The van der Waals surface area contributed by atoms with Crippen LogP contribution in [0.1, 0.15) is 27.1 Å². The van der Waals surface area contributed by atoms with Crippen LogP contribution in [-0.2, 0) is 9.53 Å². The quantitative estimate of drug-likeness (QED) is 0.583. The molecule has 0 aromatic heterocycles. The summed E-state index contributed by atoms with van der Waals surface area (Å²) in [6.07, 6.45) is 0.866. The van der Waals surface area contributed by atoms with Crippen LogP contribution < -0.4 is 0 Å². The summed E-state index contributed by atoms with van der Waals surface area (Å²) in [5.41, 5.74) is 0.664. The van der Waals surface area contributed by atoms with E-state index in [0.717, 1.165) is 4.90 Å². The van der Waals surface area contributed by atoms with E-state index < -0.39 is 23.9 Å². The molecule has 0 bridgehead atoms. The standard InChI is InChI=1S/C15H14N2O4S/c1-22-9-13(18)21-10(6-7-16)8-17-14(19)11-4-2-3-5-12(11)15(17)20/h2-5,10H,6,8-9H2,1H3/t10-/m0/s1. The molecule has 22 heavy (non-hydrogen) atoms. The Balaban J connectivity index is 2.11. The molecular formula is C15H14N2O4S. The van der Waals surface area contributed by atoms with Crippen LogP contribution in [0.4, 0.5) is 0 Å². The number of nitriles is 1. The van der Waals surface area contributed by atoms with Crippen LogP contribution in [0.25, 0.3) is 0 Å². The number of hydrogen-bond acceptors (Lipinski definition) is 6. The van der Waals surface area contributed by atoms with Gasteiger partial charge in [-0.15, -0.1) is 0 Å². The lowest BCUT2D eigenvalue weighted by Crippen LogP contribution is -2.39. The average Bonchev–Trinajstić information content (AvgIpc) is 2.73. The fourth-order valence-electron chi connectivity index (χ4n) is 2.19. The number of ether oxygens (including phenoxy) is 1. The van der Waals surface area contributed by atoms with Crippen molar-refractivity contribution in [3.8, 4) is 6.07 Å². The summed E-state index contributed by atoms with van der Waals surface area (Å²) < 4.78 is 5.16.